The Morgan fingerprint density at radius 3 is 2.59 bits per heavy atom. The van der Waals surface area contributed by atoms with Crippen molar-refractivity contribution < 1.29 is 19.0 Å². The number of hydrogen-bond acceptors (Lipinski definition) is 6. The van der Waals surface area contributed by atoms with Gasteiger partial charge in [-0.1, -0.05) is 29.5 Å². The van der Waals surface area contributed by atoms with Crippen molar-refractivity contribution in [1.29, 1.82) is 0 Å². The van der Waals surface area contributed by atoms with Gasteiger partial charge >= 0.3 is 0 Å². The minimum absolute atomic E-state index is 0.0979. The highest BCUT2D eigenvalue weighted by Gasteiger charge is 2.25. The molecule has 29 heavy (non-hydrogen) atoms. The Bertz CT molecular complexity index is 962. The average molecular weight is 413 g/mol. The second-order valence-corrected chi connectivity index (χ2v) is 8.00. The molecular weight excluding hydrogens is 388 g/mol. The van der Waals surface area contributed by atoms with Crippen molar-refractivity contribution in [2.75, 3.05) is 27.3 Å². The molecule has 0 bridgehead atoms. The number of carbonyl (C=O) groups is 1. The first-order chi connectivity index (χ1) is 14.2. The molecule has 1 aliphatic rings. The highest BCUT2D eigenvalue weighted by atomic mass is 32.1. The molecule has 2 heterocycles. The third-order valence-corrected chi connectivity index (χ3v) is 6.07. The van der Waals surface area contributed by atoms with Gasteiger partial charge in [0.2, 0.25) is 5.91 Å². The van der Waals surface area contributed by atoms with Crippen LogP contribution in [0, 0.1) is 0 Å². The lowest BCUT2D eigenvalue weighted by atomic mass is 10.1. The molecule has 4 rings (SSSR count). The Morgan fingerprint density at radius 2 is 1.86 bits per heavy atom. The van der Waals surface area contributed by atoms with Crippen molar-refractivity contribution in [3.8, 4) is 16.7 Å². The summed E-state index contributed by atoms with van der Waals surface area (Å²) in [7, 11) is 3.20. The third kappa shape index (κ3) is 4.45. The van der Waals surface area contributed by atoms with E-state index in [-0.39, 0.29) is 12.0 Å². The third-order valence-electron chi connectivity index (χ3n) is 5.14. The lowest BCUT2D eigenvalue weighted by Gasteiger charge is -2.31. The molecule has 3 aromatic rings. The molecule has 0 aliphatic carbocycles. The first-order valence-corrected chi connectivity index (χ1v) is 10.5. The fourth-order valence-electron chi connectivity index (χ4n) is 3.54. The SMILES string of the molecule is COc1ccc(CC(=O)N2CCC(Oc3nc4ccccc4s3)CC2)cc1OC. The molecule has 7 heteroatoms. The smallest absolute Gasteiger partial charge is 0.274 e. The van der Waals surface area contributed by atoms with Crippen LogP contribution in [0.15, 0.2) is 42.5 Å². The number of nitrogens with zero attached hydrogens (tertiary/aromatic N) is 2. The zero-order valence-electron chi connectivity index (χ0n) is 16.6. The molecule has 152 valence electrons. The van der Waals surface area contributed by atoms with E-state index in [1.165, 1.54) is 0 Å². The summed E-state index contributed by atoms with van der Waals surface area (Å²) >= 11 is 1.57. The number of likely N-dealkylation sites (tertiary alicyclic amines) is 1. The summed E-state index contributed by atoms with van der Waals surface area (Å²) in [6.45, 7) is 1.39. The van der Waals surface area contributed by atoms with Gasteiger partial charge in [0.15, 0.2) is 11.5 Å². The summed E-state index contributed by atoms with van der Waals surface area (Å²) in [5, 5.41) is 0.710. The summed E-state index contributed by atoms with van der Waals surface area (Å²) in [6.07, 6.45) is 2.07. The minimum atomic E-state index is 0.0979. The van der Waals surface area contributed by atoms with Crippen LogP contribution in [0.2, 0.25) is 0 Å². The van der Waals surface area contributed by atoms with E-state index in [2.05, 4.69) is 11.1 Å². The summed E-state index contributed by atoms with van der Waals surface area (Å²) in [5.74, 6) is 1.42. The number of piperidine rings is 1. The van der Waals surface area contributed by atoms with E-state index in [1.807, 2.05) is 41.3 Å². The molecule has 2 aromatic carbocycles. The van der Waals surface area contributed by atoms with Crippen LogP contribution in [0.1, 0.15) is 18.4 Å². The monoisotopic (exact) mass is 412 g/mol. The predicted molar refractivity (Wildman–Crippen MR) is 113 cm³/mol. The average Bonchev–Trinajstić information content (AvgIpc) is 3.16. The van der Waals surface area contributed by atoms with Crippen molar-refractivity contribution in [2.45, 2.75) is 25.4 Å². The van der Waals surface area contributed by atoms with E-state index in [1.54, 1.807) is 25.6 Å². The van der Waals surface area contributed by atoms with E-state index in [0.29, 0.717) is 36.2 Å². The Kier molecular flexibility index (Phi) is 5.85. The molecule has 0 unspecified atom stereocenters. The van der Waals surface area contributed by atoms with Gasteiger partial charge in [0.05, 0.1) is 30.9 Å². The Hall–Kier alpha value is -2.80. The van der Waals surface area contributed by atoms with E-state index in [0.717, 1.165) is 28.6 Å². The largest absolute Gasteiger partial charge is 0.493 e. The number of thiazole rings is 1. The molecule has 6 nitrogen and oxygen atoms in total. The number of aromatic nitrogens is 1. The number of amides is 1. The van der Waals surface area contributed by atoms with Crippen molar-refractivity contribution >= 4 is 27.5 Å². The van der Waals surface area contributed by atoms with Gasteiger partial charge < -0.3 is 19.1 Å². The van der Waals surface area contributed by atoms with Crippen LogP contribution in [0.4, 0.5) is 0 Å². The van der Waals surface area contributed by atoms with Crippen LogP contribution >= 0.6 is 11.3 Å². The number of carbonyl (C=O) groups excluding carboxylic acids is 1. The van der Waals surface area contributed by atoms with E-state index >= 15 is 0 Å². The summed E-state index contributed by atoms with van der Waals surface area (Å²) in [5.41, 5.74) is 1.88. The number of ether oxygens (including phenoxy) is 3. The van der Waals surface area contributed by atoms with Crippen molar-refractivity contribution in [3.63, 3.8) is 0 Å². The number of para-hydroxylation sites is 1. The number of fused-ring (bicyclic) bond motifs is 1. The zero-order chi connectivity index (χ0) is 20.2. The maximum absolute atomic E-state index is 12.7. The van der Waals surface area contributed by atoms with E-state index in [4.69, 9.17) is 14.2 Å². The van der Waals surface area contributed by atoms with Crippen LogP contribution in [-0.4, -0.2) is 49.2 Å². The quantitative estimate of drug-likeness (QED) is 0.614. The zero-order valence-corrected chi connectivity index (χ0v) is 17.4. The second kappa shape index (κ2) is 8.69. The highest BCUT2D eigenvalue weighted by Crippen LogP contribution is 2.30. The molecule has 0 spiro atoms. The van der Waals surface area contributed by atoms with Crippen molar-refractivity contribution in [1.82, 2.24) is 9.88 Å². The van der Waals surface area contributed by atoms with Crippen LogP contribution in [0.3, 0.4) is 0 Å². The van der Waals surface area contributed by atoms with Gasteiger partial charge in [-0.05, 0) is 29.8 Å². The standard InChI is InChI=1S/C22H24N2O4S/c1-26-18-8-7-15(13-19(18)27-2)14-21(25)24-11-9-16(10-12-24)28-22-23-17-5-3-4-6-20(17)29-22/h3-8,13,16H,9-12,14H2,1-2H3. The molecule has 0 saturated carbocycles. The van der Waals surface area contributed by atoms with Crippen molar-refractivity contribution in [2.24, 2.45) is 0 Å². The number of rotatable bonds is 6. The molecule has 1 aliphatic heterocycles. The van der Waals surface area contributed by atoms with Gasteiger partial charge in [0.25, 0.3) is 5.19 Å². The fraction of sp³-hybridized carbons (Fsp3) is 0.364. The fourth-order valence-corrected chi connectivity index (χ4v) is 4.43. The molecule has 1 saturated heterocycles. The molecule has 1 aromatic heterocycles. The summed E-state index contributed by atoms with van der Waals surface area (Å²) in [6, 6.07) is 13.6. The topological polar surface area (TPSA) is 60.9 Å². The van der Waals surface area contributed by atoms with Gasteiger partial charge in [-0.2, -0.15) is 0 Å². The molecule has 0 N–H and O–H groups in total. The number of hydrogen-bond donors (Lipinski definition) is 0. The van der Waals surface area contributed by atoms with E-state index in [9.17, 15) is 4.79 Å². The number of methoxy groups -OCH3 is 2. The predicted octanol–water partition coefficient (Wildman–Crippen LogP) is 3.93. The molecule has 0 radical (unpaired) electrons. The van der Waals surface area contributed by atoms with Gasteiger partial charge in [-0.3, -0.25) is 4.79 Å². The van der Waals surface area contributed by atoms with Crippen LogP contribution < -0.4 is 14.2 Å². The lowest BCUT2D eigenvalue weighted by molar-refractivity contribution is -0.132. The number of benzene rings is 2. The van der Waals surface area contributed by atoms with Gasteiger partial charge in [0.1, 0.15) is 6.10 Å². The second-order valence-electron chi connectivity index (χ2n) is 7.01. The Morgan fingerprint density at radius 1 is 1.10 bits per heavy atom. The Labute approximate surface area is 174 Å². The maximum Gasteiger partial charge on any atom is 0.274 e. The summed E-state index contributed by atoms with van der Waals surface area (Å²) in [4.78, 5) is 19.2. The highest BCUT2D eigenvalue weighted by molar-refractivity contribution is 7.20. The maximum atomic E-state index is 12.7. The molecule has 1 amide bonds. The van der Waals surface area contributed by atoms with Crippen LogP contribution in [0.5, 0.6) is 16.7 Å². The molecular formula is C22H24N2O4S. The van der Waals surface area contributed by atoms with E-state index < -0.39 is 0 Å². The van der Waals surface area contributed by atoms with Crippen LogP contribution in [-0.2, 0) is 11.2 Å². The first-order valence-electron chi connectivity index (χ1n) is 9.67. The molecule has 1 fully saturated rings. The summed E-state index contributed by atoms with van der Waals surface area (Å²) < 4.78 is 17.8. The van der Waals surface area contributed by atoms with Gasteiger partial charge in [0, 0.05) is 25.9 Å². The minimum Gasteiger partial charge on any atom is -0.493 e. The normalized spacial score (nSPS) is 14.8. The Balaban J connectivity index is 1.31. The van der Waals surface area contributed by atoms with Gasteiger partial charge in [-0.15, -0.1) is 0 Å². The van der Waals surface area contributed by atoms with Gasteiger partial charge in [-0.25, -0.2) is 4.98 Å². The first kappa shape index (κ1) is 19.5. The van der Waals surface area contributed by atoms with Crippen LogP contribution in [0.25, 0.3) is 10.2 Å². The lowest BCUT2D eigenvalue weighted by Crippen LogP contribution is -2.42. The van der Waals surface area contributed by atoms with Crippen molar-refractivity contribution in [3.05, 3.63) is 48.0 Å². The molecule has 0 atom stereocenters.